The molecule has 0 saturated heterocycles. The molecule has 0 aliphatic carbocycles. The molecule has 1 aliphatic rings. The molecule has 0 bridgehead atoms. The Hall–Kier alpha value is -2.67. The van der Waals surface area contributed by atoms with Crippen molar-refractivity contribution in [2.45, 2.75) is 39.8 Å². The van der Waals surface area contributed by atoms with Crippen LogP contribution in [0.2, 0.25) is 0 Å². The number of likely N-dealkylation sites (N-methyl/N-ethyl adjacent to an activating group) is 1. The van der Waals surface area contributed by atoms with Gasteiger partial charge in [0.2, 0.25) is 5.91 Å². The molecule has 0 saturated carbocycles. The third-order valence-corrected chi connectivity index (χ3v) is 4.91. The Morgan fingerprint density at radius 1 is 1.18 bits per heavy atom. The van der Waals surface area contributed by atoms with Gasteiger partial charge in [-0.2, -0.15) is 0 Å². The molecular formula is C21H28N4O3. The number of rotatable bonds is 4. The van der Waals surface area contributed by atoms with E-state index in [0.29, 0.717) is 31.9 Å². The quantitative estimate of drug-likeness (QED) is 0.845. The van der Waals surface area contributed by atoms with Crippen molar-refractivity contribution in [2.24, 2.45) is 5.41 Å². The lowest BCUT2D eigenvalue weighted by Crippen LogP contribution is -2.53. The predicted molar refractivity (Wildman–Crippen MR) is 107 cm³/mol. The van der Waals surface area contributed by atoms with Gasteiger partial charge in [-0.15, -0.1) is 0 Å². The van der Waals surface area contributed by atoms with E-state index in [4.69, 9.17) is 4.74 Å². The SMILES string of the molecule is CNC(=O)C(NC(=O)c1nc(-c2ccccc2)n2c1CCOCC2)C(C)(C)C. The number of nitrogens with zero attached hydrogens (tertiary/aromatic N) is 2. The number of amides is 2. The van der Waals surface area contributed by atoms with Gasteiger partial charge < -0.3 is 19.9 Å². The lowest BCUT2D eigenvalue weighted by molar-refractivity contribution is -0.124. The zero-order valence-corrected chi connectivity index (χ0v) is 16.9. The van der Waals surface area contributed by atoms with E-state index in [0.717, 1.165) is 17.1 Å². The number of nitrogens with one attached hydrogen (secondary N) is 2. The molecule has 1 aromatic carbocycles. The minimum Gasteiger partial charge on any atom is -0.379 e. The third kappa shape index (κ3) is 4.09. The van der Waals surface area contributed by atoms with E-state index < -0.39 is 11.5 Å². The predicted octanol–water partition coefficient (Wildman–Crippen LogP) is 2.01. The fraction of sp³-hybridized carbons (Fsp3) is 0.476. The maximum Gasteiger partial charge on any atom is 0.272 e. The normalized spacial score (nSPS) is 15.3. The maximum atomic E-state index is 13.1. The van der Waals surface area contributed by atoms with Crippen molar-refractivity contribution in [3.05, 3.63) is 41.7 Å². The van der Waals surface area contributed by atoms with Gasteiger partial charge in [0.15, 0.2) is 0 Å². The maximum absolute atomic E-state index is 13.1. The number of benzene rings is 1. The van der Waals surface area contributed by atoms with Crippen LogP contribution in [0.15, 0.2) is 30.3 Å². The molecule has 7 nitrogen and oxygen atoms in total. The monoisotopic (exact) mass is 384 g/mol. The first-order valence-electron chi connectivity index (χ1n) is 9.58. The Balaban J connectivity index is 2.00. The van der Waals surface area contributed by atoms with E-state index in [-0.39, 0.29) is 11.8 Å². The molecule has 1 aromatic heterocycles. The Kier molecular flexibility index (Phi) is 5.84. The smallest absolute Gasteiger partial charge is 0.272 e. The van der Waals surface area contributed by atoms with Crippen molar-refractivity contribution in [2.75, 3.05) is 20.3 Å². The van der Waals surface area contributed by atoms with E-state index in [1.165, 1.54) is 0 Å². The average Bonchev–Trinajstić information content (AvgIpc) is 2.86. The number of aromatic nitrogens is 2. The highest BCUT2D eigenvalue weighted by Crippen LogP contribution is 2.26. The fourth-order valence-corrected chi connectivity index (χ4v) is 3.42. The molecule has 3 rings (SSSR count). The highest BCUT2D eigenvalue weighted by atomic mass is 16.5. The standard InChI is InChI=1S/C21H28N4O3/c1-21(2,3)17(20(27)22-4)24-19(26)16-15-10-12-28-13-11-25(15)18(23-16)14-8-6-5-7-9-14/h5-9,17H,10-13H2,1-4H3,(H,22,27)(H,24,26). The Bertz CT molecular complexity index is 853. The summed E-state index contributed by atoms with van der Waals surface area (Å²) in [5.41, 5.74) is 1.72. The second-order valence-electron chi connectivity index (χ2n) is 8.00. The lowest BCUT2D eigenvalue weighted by atomic mass is 9.86. The molecule has 1 atom stereocenters. The van der Waals surface area contributed by atoms with Gasteiger partial charge >= 0.3 is 0 Å². The van der Waals surface area contributed by atoms with Crippen LogP contribution in [0.3, 0.4) is 0 Å². The average molecular weight is 384 g/mol. The molecule has 2 amide bonds. The van der Waals surface area contributed by atoms with Crippen LogP contribution in [0.1, 0.15) is 37.0 Å². The summed E-state index contributed by atoms with van der Waals surface area (Å²) in [6.07, 6.45) is 0.600. The first kappa shape index (κ1) is 20.1. The minimum atomic E-state index is -0.662. The van der Waals surface area contributed by atoms with Crippen LogP contribution in [0.4, 0.5) is 0 Å². The largest absolute Gasteiger partial charge is 0.379 e. The number of carbonyl (C=O) groups excluding carboxylic acids is 2. The van der Waals surface area contributed by atoms with Crippen LogP contribution in [-0.2, 0) is 22.5 Å². The van der Waals surface area contributed by atoms with Gasteiger partial charge in [0.05, 0.1) is 18.9 Å². The second-order valence-corrected chi connectivity index (χ2v) is 8.00. The molecule has 7 heteroatoms. The van der Waals surface area contributed by atoms with Gasteiger partial charge in [-0.3, -0.25) is 9.59 Å². The van der Waals surface area contributed by atoms with E-state index in [9.17, 15) is 9.59 Å². The van der Waals surface area contributed by atoms with E-state index in [2.05, 4.69) is 20.2 Å². The molecule has 28 heavy (non-hydrogen) atoms. The summed E-state index contributed by atoms with van der Waals surface area (Å²) in [5.74, 6) is 0.188. The van der Waals surface area contributed by atoms with Gasteiger partial charge in [-0.1, -0.05) is 51.1 Å². The number of ether oxygens (including phenoxy) is 1. The molecule has 1 aliphatic heterocycles. The topological polar surface area (TPSA) is 85.3 Å². The van der Waals surface area contributed by atoms with Gasteiger partial charge in [0.25, 0.3) is 5.91 Å². The van der Waals surface area contributed by atoms with Crippen LogP contribution < -0.4 is 10.6 Å². The molecule has 2 heterocycles. The second kappa shape index (κ2) is 8.14. The summed E-state index contributed by atoms with van der Waals surface area (Å²) >= 11 is 0. The summed E-state index contributed by atoms with van der Waals surface area (Å²) in [7, 11) is 1.57. The zero-order valence-electron chi connectivity index (χ0n) is 16.9. The molecule has 1 unspecified atom stereocenters. The van der Waals surface area contributed by atoms with E-state index in [1.807, 2.05) is 51.1 Å². The number of hydrogen-bond acceptors (Lipinski definition) is 4. The number of hydrogen-bond donors (Lipinski definition) is 2. The fourth-order valence-electron chi connectivity index (χ4n) is 3.42. The highest BCUT2D eigenvalue weighted by molar-refractivity contribution is 5.97. The van der Waals surface area contributed by atoms with Crippen molar-refractivity contribution in [3.8, 4) is 11.4 Å². The molecule has 2 aromatic rings. The van der Waals surface area contributed by atoms with Crippen LogP contribution in [-0.4, -0.2) is 47.7 Å². The Morgan fingerprint density at radius 2 is 1.89 bits per heavy atom. The van der Waals surface area contributed by atoms with Crippen molar-refractivity contribution in [3.63, 3.8) is 0 Å². The minimum absolute atomic E-state index is 0.224. The molecule has 0 radical (unpaired) electrons. The summed E-state index contributed by atoms with van der Waals surface area (Å²) in [5, 5.41) is 5.52. The summed E-state index contributed by atoms with van der Waals surface area (Å²) < 4.78 is 7.67. The number of fused-ring (bicyclic) bond motifs is 1. The van der Waals surface area contributed by atoms with Crippen molar-refractivity contribution < 1.29 is 14.3 Å². The highest BCUT2D eigenvalue weighted by Gasteiger charge is 2.34. The summed E-state index contributed by atoms with van der Waals surface area (Å²) in [6, 6.07) is 9.14. The first-order chi connectivity index (χ1) is 13.3. The van der Waals surface area contributed by atoms with Gasteiger partial charge in [-0.25, -0.2) is 4.98 Å². The van der Waals surface area contributed by atoms with Gasteiger partial charge in [0, 0.05) is 25.6 Å². The van der Waals surface area contributed by atoms with Crippen LogP contribution in [0.5, 0.6) is 0 Å². The third-order valence-electron chi connectivity index (χ3n) is 4.91. The number of imidazole rings is 1. The number of carbonyl (C=O) groups is 2. The Labute approximate surface area is 165 Å². The zero-order chi connectivity index (χ0) is 20.3. The van der Waals surface area contributed by atoms with Crippen LogP contribution >= 0.6 is 0 Å². The van der Waals surface area contributed by atoms with Crippen molar-refractivity contribution in [1.82, 2.24) is 20.2 Å². The molecule has 2 N–H and O–H groups in total. The van der Waals surface area contributed by atoms with Crippen molar-refractivity contribution in [1.29, 1.82) is 0 Å². The van der Waals surface area contributed by atoms with E-state index >= 15 is 0 Å². The summed E-state index contributed by atoms with van der Waals surface area (Å²) in [6.45, 7) is 7.52. The molecular weight excluding hydrogens is 356 g/mol. The van der Waals surface area contributed by atoms with Crippen LogP contribution in [0.25, 0.3) is 11.4 Å². The van der Waals surface area contributed by atoms with Gasteiger partial charge in [0.1, 0.15) is 17.6 Å². The lowest BCUT2D eigenvalue weighted by Gasteiger charge is -2.29. The van der Waals surface area contributed by atoms with E-state index in [1.54, 1.807) is 7.05 Å². The van der Waals surface area contributed by atoms with Crippen LogP contribution in [0, 0.1) is 5.41 Å². The first-order valence-corrected chi connectivity index (χ1v) is 9.58. The summed E-state index contributed by atoms with van der Waals surface area (Å²) in [4.78, 5) is 30.2. The van der Waals surface area contributed by atoms with Gasteiger partial charge in [-0.05, 0) is 5.41 Å². The molecule has 0 fully saturated rings. The van der Waals surface area contributed by atoms with Crippen molar-refractivity contribution >= 4 is 11.8 Å². The molecule has 150 valence electrons. The Morgan fingerprint density at radius 3 is 2.54 bits per heavy atom. The molecule has 0 spiro atoms.